The molecule has 2 aromatic rings. The van der Waals surface area contributed by atoms with E-state index in [1.54, 1.807) is 6.26 Å². The molecule has 0 radical (unpaired) electrons. The van der Waals surface area contributed by atoms with Gasteiger partial charge in [-0.1, -0.05) is 15.9 Å². The van der Waals surface area contributed by atoms with Crippen LogP contribution in [-0.4, -0.2) is 24.4 Å². The highest BCUT2D eigenvalue weighted by Crippen LogP contribution is 2.19. The smallest absolute Gasteiger partial charge is 0.238 e. The van der Waals surface area contributed by atoms with Crippen LogP contribution in [0.3, 0.4) is 0 Å². The van der Waals surface area contributed by atoms with Gasteiger partial charge in [0, 0.05) is 10.2 Å². The molecule has 4 nitrogen and oxygen atoms in total. The van der Waals surface area contributed by atoms with Gasteiger partial charge in [0.1, 0.15) is 5.76 Å². The molecule has 0 bridgehead atoms. The van der Waals surface area contributed by atoms with Crippen LogP contribution in [0, 0.1) is 6.92 Å². The number of anilines is 1. The normalized spacial score (nSPS) is 10.8. The minimum atomic E-state index is -0.0409. The molecule has 0 saturated carbocycles. The van der Waals surface area contributed by atoms with E-state index < -0.39 is 0 Å². The van der Waals surface area contributed by atoms with Crippen LogP contribution < -0.4 is 5.32 Å². The number of rotatable bonds is 5. The standard InChI is InChI=1S/C15H17BrN2O2/c1-11-8-12(5-6-14(11)16)17-15(19)10-18(2)9-13-4-3-7-20-13/h3-8H,9-10H2,1-2H3,(H,17,19). The molecule has 0 atom stereocenters. The lowest BCUT2D eigenvalue weighted by Crippen LogP contribution is -2.29. The van der Waals surface area contributed by atoms with Gasteiger partial charge >= 0.3 is 0 Å². The van der Waals surface area contributed by atoms with Gasteiger partial charge in [-0.15, -0.1) is 0 Å². The number of hydrogen-bond acceptors (Lipinski definition) is 3. The first-order valence-corrected chi connectivity index (χ1v) is 7.11. The molecule has 106 valence electrons. The maximum atomic E-state index is 12.0. The maximum Gasteiger partial charge on any atom is 0.238 e. The minimum Gasteiger partial charge on any atom is -0.468 e. The Morgan fingerprint density at radius 2 is 2.20 bits per heavy atom. The van der Waals surface area contributed by atoms with Crippen LogP contribution in [0.5, 0.6) is 0 Å². The van der Waals surface area contributed by atoms with Crippen molar-refractivity contribution in [1.82, 2.24) is 4.90 Å². The lowest BCUT2D eigenvalue weighted by Gasteiger charge is -2.15. The molecule has 0 aliphatic heterocycles. The van der Waals surface area contributed by atoms with Gasteiger partial charge in [-0.05, 0) is 49.9 Å². The van der Waals surface area contributed by atoms with Crippen molar-refractivity contribution in [3.05, 3.63) is 52.4 Å². The summed E-state index contributed by atoms with van der Waals surface area (Å²) < 4.78 is 6.29. The summed E-state index contributed by atoms with van der Waals surface area (Å²) in [6.07, 6.45) is 1.63. The fourth-order valence-electron chi connectivity index (χ4n) is 1.89. The Morgan fingerprint density at radius 3 is 2.85 bits per heavy atom. The molecular weight excluding hydrogens is 320 g/mol. The number of aryl methyl sites for hydroxylation is 1. The van der Waals surface area contributed by atoms with Crippen molar-refractivity contribution >= 4 is 27.5 Å². The Hall–Kier alpha value is -1.59. The average molecular weight is 337 g/mol. The number of likely N-dealkylation sites (N-methyl/N-ethyl adjacent to an activating group) is 1. The molecule has 0 fully saturated rings. The zero-order valence-corrected chi connectivity index (χ0v) is 13.1. The third-order valence-corrected chi connectivity index (χ3v) is 3.75. The van der Waals surface area contributed by atoms with Crippen molar-refractivity contribution in [2.24, 2.45) is 0 Å². The second-order valence-corrected chi connectivity index (χ2v) is 5.62. The average Bonchev–Trinajstić information content (AvgIpc) is 2.86. The Morgan fingerprint density at radius 1 is 1.40 bits per heavy atom. The fraction of sp³-hybridized carbons (Fsp3) is 0.267. The first kappa shape index (κ1) is 14.8. The molecule has 0 aliphatic carbocycles. The van der Waals surface area contributed by atoms with Gasteiger partial charge in [-0.3, -0.25) is 9.69 Å². The van der Waals surface area contributed by atoms with Crippen molar-refractivity contribution in [3.63, 3.8) is 0 Å². The topological polar surface area (TPSA) is 45.5 Å². The van der Waals surface area contributed by atoms with Gasteiger partial charge in [0.15, 0.2) is 0 Å². The molecule has 1 aromatic carbocycles. The number of halogens is 1. The summed E-state index contributed by atoms with van der Waals surface area (Å²) in [4.78, 5) is 13.9. The zero-order valence-electron chi connectivity index (χ0n) is 11.5. The summed E-state index contributed by atoms with van der Waals surface area (Å²) in [5.41, 5.74) is 1.90. The molecule has 2 rings (SSSR count). The van der Waals surface area contributed by atoms with Crippen molar-refractivity contribution in [1.29, 1.82) is 0 Å². The van der Waals surface area contributed by atoms with E-state index in [4.69, 9.17) is 4.42 Å². The van der Waals surface area contributed by atoms with Gasteiger partial charge < -0.3 is 9.73 Å². The zero-order chi connectivity index (χ0) is 14.5. The third-order valence-electron chi connectivity index (χ3n) is 2.86. The number of carbonyl (C=O) groups excluding carboxylic acids is 1. The highest BCUT2D eigenvalue weighted by atomic mass is 79.9. The van der Waals surface area contributed by atoms with E-state index in [2.05, 4.69) is 21.2 Å². The first-order valence-electron chi connectivity index (χ1n) is 6.31. The SMILES string of the molecule is Cc1cc(NC(=O)CN(C)Cc2ccco2)ccc1Br. The van der Waals surface area contributed by atoms with Crippen LogP contribution in [0.25, 0.3) is 0 Å². The molecule has 1 N–H and O–H groups in total. The van der Waals surface area contributed by atoms with E-state index in [-0.39, 0.29) is 5.91 Å². The summed E-state index contributed by atoms with van der Waals surface area (Å²) in [6.45, 7) is 2.92. The molecule has 0 saturated heterocycles. The number of amides is 1. The predicted octanol–water partition coefficient (Wildman–Crippen LogP) is 3.42. The van der Waals surface area contributed by atoms with Crippen LogP contribution in [0.1, 0.15) is 11.3 Å². The van der Waals surface area contributed by atoms with Gasteiger partial charge in [-0.25, -0.2) is 0 Å². The molecule has 20 heavy (non-hydrogen) atoms. The molecule has 5 heteroatoms. The van der Waals surface area contributed by atoms with Crippen LogP contribution in [0.4, 0.5) is 5.69 Å². The highest BCUT2D eigenvalue weighted by Gasteiger charge is 2.09. The Labute approximate surface area is 126 Å². The van der Waals surface area contributed by atoms with Gasteiger partial charge in [-0.2, -0.15) is 0 Å². The summed E-state index contributed by atoms with van der Waals surface area (Å²) in [5, 5.41) is 2.89. The van der Waals surface area contributed by atoms with Crippen molar-refractivity contribution < 1.29 is 9.21 Å². The Kier molecular flexibility index (Phi) is 4.98. The second-order valence-electron chi connectivity index (χ2n) is 4.76. The maximum absolute atomic E-state index is 12.0. The quantitative estimate of drug-likeness (QED) is 0.909. The lowest BCUT2D eigenvalue weighted by molar-refractivity contribution is -0.117. The van der Waals surface area contributed by atoms with Crippen LogP contribution >= 0.6 is 15.9 Å². The van der Waals surface area contributed by atoms with Crippen molar-refractivity contribution in [2.75, 3.05) is 18.9 Å². The molecule has 0 unspecified atom stereocenters. The summed E-state index contributed by atoms with van der Waals surface area (Å²) >= 11 is 3.44. The van der Waals surface area contributed by atoms with Gasteiger partial charge in [0.2, 0.25) is 5.91 Å². The number of benzene rings is 1. The van der Waals surface area contributed by atoms with E-state index in [1.807, 2.05) is 49.2 Å². The molecular formula is C15H17BrN2O2. The summed E-state index contributed by atoms with van der Waals surface area (Å²) in [7, 11) is 1.88. The molecule has 0 aliphatic rings. The third kappa shape index (κ3) is 4.21. The largest absolute Gasteiger partial charge is 0.468 e. The molecule has 1 heterocycles. The number of nitrogens with zero attached hydrogens (tertiary/aromatic N) is 1. The highest BCUT2D eigenvalue weighted by molar-refractivity contribution is 9.10. The Balaban J connectivity index is 1.87. The Bertz CT molecular complexity index is 582. The summed E-state index contributed by atoms with van der Waals surface area (Å²) in [6, 6.07) is 9.48. The van der Waals surface area contributed by atoms with E-state index in [0.29, 0.717) is 13.1 Å². The van der Waals surface area contributed by atoms with Crippen molar-refractivity contribution in [3.8, 4) is 0 Å². The number of furan rings is 1. The fourth-order valence-corrected chi connectivity index (χ4v) is 2.14. The van der Waals surface area contributed by atoms with Gasteiger partial charge in [0.05, 0.1) is 19.4 Å². The predicted molar refractivity (Wildman–Crippen MR) is 82.6 cm³/mol. The summed E-state index contributed by atoms with van der Waals surface area (Å²) in [5.74, 6) is 0.806. The van der Waals surface area contributed by atoms with E-state index in [0.717, 1.165) is 21.5 Å². The number of hydrogen-bond donors (Lipinski definition) is 1. The van der Waals surface area contributed by atoms with E-state index in [1.165, 1.54) is 0 Å². The first-order chi connectivity index (χ1) is 9.54. The lowest BCUT2D eigenvalue weighted by atomic mass is 10.2. The van der Waals surface area contributed by atoms with Crippen LogP contribution in [-0.2, 0) is 11.3 Å². The monoisotopic (exact) mass is 336 g/mol. The van der Waals surface area contributed by atoms with Gasteiger partial charge in [0.25, 0.3) is 0 Å². The van der Waals surface area contributed by atoms with Crippen molar-refractivity contribution in [2.45, 2.75) is 13.5 Å². The van der Waals surface area contributed by atoms with Crippen LogP contribution in [0.2, 0.25) is 0 Å². The second kappa shape index (κ2) is 6.72. The van der Waals surface area contributed by atoms with E-state index >= 15 is 0 Å². The van der Waals surface area contributed by atoms with E-state index in [9.17, 15) is 4.79 Å². The number of carbonyl (C=O) groups is 1. The number of nitrogens with one attached hydrogen (secondary N) is 1. The molecule has 1 aromatic heterocycles. The molecule has 1 amide bonds. The molecule has 0 spiro atoms. The van der Waals surface area contributed by atoms with Crippen LogP contribution in [0.15, 0.2) is 45.5 Å². The minimum absolute atomic E-state index is 0.0409.